The average Bonchev–Trinajstić information content (AvgIpc) is 2.96. The van der Waals surface area contributed by atoms with Crippen LogP contribution in [0.25, 0.3) is 0 Å². The van der Waals surface area contributed by atoms with E-state index in [1.54, 1.807) is 12.1 Å². The normalized spacial score (nSPS) is 24.0. The molecule has 1 unspecified atom stereocenters. The van der Waals surface area contributed by atoms with Gasteiger partial charge in [-0.25, -0.2) is 15.4 Å². The number of anilines is 2. The van der Waals surface area contributed by atoms with Crippen LogP contribution in [0.5, 0.6) is 11.5 Å². The van der Waals surface area contributed by atoms with Crippen LogP contribution in [-0.2, 0) is 0 Å². The fraction of sp³-hybridized carbons (Fsp3) is 0.312. The molecule has 2 fully saturated rings. The number of amides is 1. The lowest BCUT2D eigenvalue weighted by molar-refractivity contribution is -0.286. The number of fused-ring (bicyclic) bond motifs is 2. The van der Waals surface area contributed by atoms with Crippen molar-refractivity contribution in [2.24, 2.45) is 0 Å². The number of nitrogens with one attached hydrogen (secondary N) is 1. The number of carbonyl (C=O) groups excluding carboxylic acids is 1. The molecule has 2 N–H and O–H groups in total. The predicted octanol–water partition coefficient (Wildman–Crippen LogP) is 0.994. The Labute approximate surface area is 151 Å². The van der Waals surface area contributed by atoms with Crippen LogP contribution >= 0.6 is 0 Å². The van der Waals surface area contributed by atoms with E-state index in [9.17, 15) is 13.6 Å². The molecule has 4 heterocycles. The second-order valence-corrected chi connectivity index (χ2v) is 6.45. The summed E-state index contributed by atoms with van der Waals surface area (Å²) < 4.78 is 35.2. The molecule has 0 aliphatic carbocycles. The van der Waals surface area contributed by atoms with Crippen LogP contribution in [0.4, 0.5) is 20.4 Å². The molecule has 140 valence electrons. The summed E-state index contributed by atoms with van der Waals surface area (Å²) in [5, 5.41) is 8.61. The van der Waals surface area contributed by atoms with Gasteiger partial charge in [0.25, 0.3) is 5.91 Å². The van der Waals surface area contributed by atoms with Gasteiger partial charge in [0.2, 0.25) is 5.95 Å². The molecule has 27 heavy (non-hydrogen) atoms. The summed E-state index contributed by atoms with van der Waals surface area (Å²) in [4.78, 5) is 23.7. The zero-order chi connectivity index (χ0) is 18.8. The summed E-state index contributed by atoms with van der Waals surface area (Å²) in [5.41, 5.74) is 2.47. The number of halogens is 2. The van der Waals surface area contributed by atoms with Gasteiger partial charge in [-0.15, -0.1) is 8.78 Å². The number of piperazine rings is 1. The third-order valence-corrected chi connectivity index (χ3v) is 4.99. The molecule has 2 atom stereocenters. The van der Waals surface area contributed by atoms with E-state index < -0.39 is 12.2 Å². The zero-order valence-electron chi connectivity index (χ0n) is 13.7. The molecule has 2 saturated heterocycles. The molecule has 1 aromatic heterocycles. The lowest BCUT2D eigenvalue weighted by Gasteiger charge is -2.62. The maximum Gasteiger partial charge on any atom is 0.586 e. The van der Waals surface area contributed by atoms with Crippen molar-refractivity contribution in [3.63, 3.8) is 0 Å². The molecule has 0 spiro atoms. The molecule has 1 aromatic carbocycles. The summed E-state index contributed by atoms with van der Waals surface area (Å²) >= 11 is 0. The smallest absolute Gasteiger partial charge is 0.395 e. The Bertz CT molecular complexity index is 926. The molecule has 11 heteroatoms. The minimum absolute atomic E-state index is 0.0245. The van der Waals surface area contributed by atoms with Crippen molar-refractivity contribution in [3.05, 3.63) is 36.2 Å². The summed E-state index contributed by atoms with van der Waals surface area (Å²) in [6.45, 7) is 1.35. The quantitative estimate of drug-likeness (QED) is 0.604. The Balaban J connectivity index is 1.26. The summed E-state index contributed by atoms with van der Waals surface area (Å²) in [7, 11) is 0. The Morgan fingerprint density at radius 2 is 1.81 bits per heavy atom. The van der Waals surface area contributed by atoms with Crippen LogP contribution < -0.4 is 24.8 Å². The first-order valence-electron chi connectivity index (χ1n) is 8.15. The van der Waals surface area contributed by atoms with Gasteiger partial charge in [0.1, 0.15) is 0 Å². The molecule has 2 aromatic rings. The van der Waals surface area contributed by atoms with Crippen LogP contribution in [0.1, 0.15) is 10.4 Å². The molecule has 9 nitrogen and oxygen atoms in total. The van der Waals surface area contributed by atoms with Crippen LogP contribution in [0, 0.1) is 0 Å². The van der Waals surface area contributed by atoms with Crippen molar-refractivity contribution in [2.75, 3.05) is 22.9 Å². The van der Waals surface area contributed by atoms with Crippen LogP contribution in [-0.4, -0.2) is 52.6 Å². The van der Waals surface area contributed by atoms with Crippen molar-refractivity contribution >= 4 is 17.5 Å². The van der Waals surface area contributed by atoms with Gasteiger partial charge in [-0.1, -0.05) is 0 Å². The van der Waals surface area contributed by atoms with Crippen LogP contribution in [0.2, 0.25) is 0 Å². The van der Waals surface area contributed by atoms with Gasteiger partial charge in [-0.2, -0.15) is 0 Å². The van der Waals surface area contributed by atoms with E-state index in [-0.39, 0.29) is 29.1 Å². The maximum absolute atomic E-state index is 13.1. The molecule has 0 radical (unpaired) electrons. The number of aromatic nitrogens is 2. The Hall–Kier alpha value is -3.21. The van der Waals surface area contributed by atoms with Gasteiger partial charge in [0.15, 0.2) is 11.5 Å². The molecule has 5 rings (SSSR count). The number of benzene rings is 1. The Kier molecular flexibility index (Phi) is 3.20. The first kappa shape index (κ1) is 16.0. The molecule has 1 amide bonds. The Morgan fingerprint density at radius 3 is 2.48 bits per heavy atom. The second kappa shape index (κ2) is 5.39. The molecule has 3 aliphatic heterocycles. The van der Waals surface area contributed by atoms with E-state index in [1.807, 2.05) is 4.90 Å². The van der Waals surface area contributed by atoms with Gasteiger partial charge in [-0.3, -0.25) is 10.0 Å². The monoisotopic (exact) mass is 377 g/mol. The molecule has 0 saturated carbocycles. The van der Waals surface area contributed by atoms with Crippen LogP contribution in [0.3, 0.4) is 0 Å². The van der Waals surface area contributed by atoms with E-state index in [0.29, 0.717) is 19.0 Å². The lowest BCUT2D eigenvalue weighted by Crippen LogP contribution is -2.79. The average molecular weight is 377 g/mol. The van der Waals surface area contributed by atoms with Gasteiger partial charge in [-0.05, 0) is 12.1 Å². The minimum Gasteiger partial charge on any atom is -0.395 e. The molecular formula is C16H13F2N5O4. The number of hydroxylamine groups is 1. The van der Waals surface area contributed by atoms with Crippen LogP contribution in [0.15, 0.2) is 30.6 Å². The van der Waals surface area contributed by atoms with E-state index in [4.69, 9.17) is 5.21 Å². The minimum atomic E-state index is -3.62. The number of ether oxygens (including phenoxy) is 2. The third kappa shape index (κ3) is 2.42. The number of nitrogens with zero attached hydrogens (tertiary/aromatic N) is 4. The number of carbonyl (C=O) groups is 1. The van der Waals surface area contributed by atoms with Gasteiger partial charge in [0, 0.05) is 37.2 Å². The topological polar surface area (TPSA) is 100 Å². The van der Waals surface area contributed by atoms with Crippen molar-refractivity contribution in [3.8, 4) is 11.5 Å². The van der Waals surface area contributed by atoms with E-state index >= 15 is 0 Å². The standard InChI is InChI=1S/C16H13F2N5O4/c17-16(18)26-12-2-1-9(3-13(12)27-16)22-6-11-10(22)7-23(11)15-19-4-8(5-20-15)14(24)21-25/h1-5,10-11,25H,6-7H2,(H,21,24)/t10?,11-/m1/s1. The maximum atomic E-state index is 13.1. The number of alkyl halides is 2. The first-order chi connectivity index (χ1) is 12.9. The highest BCUT2D eigenvalue weighted by Crippen LogP contribution is 2.45. The van der Waals surface area contributed by atoms with Crippen molar-refractivity contribution in [2.45, 2.75) is 18.4 Å². The molecule has 3 aliphatic rings. The van der Waals surface area contributed by atoms with Gasteiger partial charge < -0.3 is 19.3 Å². The number of hydrogen-bond donors (Lipinski definition) is 2. The second-order valence-electron chi connectivity index (χ2n) is 6.45. The SMILES string of the molecule is O=C(NO)c1cnc(N2CC3[C@H]2CN3c2ccc3c(c2)OC(F)(F)O3)nc1. The third-order valence-electron chi connectivity index (χ3n) is 4.99. The largest absolute Gasteiger partial charge is 0.586 e. The summed E-state index contributed by atoms with van der Waals surface area (Å²) in [6.07, 6.45) is -0.937. The highest BCUT2D eigenvalue weighted by atomic mass is 19.3. The fourth-order valence-electron chi connectivity index (χ4n) is 3.55. The highest BCUT2D eigenvalue weighted by Gasteiger charge is 2.53. The number of rotatable bonds is 3. The van der Waals surface area contributed by atoms with Crippen molar-refractivity contribution in [1.82, 2.24) is 15.4 Å². The fourth-order valence-corrected chi connectivity index (χ4v) is 3.55. The predicted molar refractivity (Wildman–Crippen MR) is 86.2 cm³/mol. The van der Waals surface area contributed by atoms with Gasteiger partial charge >= 0.3 is 6.29 Å². The molecule has 0 bridgehead atoms. The first-order valence-corrected chi connectivity index (χ1v) is 8.15. The summed E-state index contributed by atoms with van der Waals surface area (Å²) in [5.74, 6) is -0.128. The van der Waals surface area contributed by atoms with E-state index in [2.05, 4.69) is 24.3 Å². The van der Waals surface area contributed by atoms with Gasteiger partial charge in [0.05, 0.1) is 17.6 Å². The molecular weight excluding hydrogens is 364 g/mol. The van der Waals surface area contributed by atoms with Crippen molar-refractivity contribution in [1.29, 1.82) is 0 Å². The van der Waals surface area contributed by atoms with Crippen molar-refractivity contribution < 1.29 is 28.3 Å². The number of hydrogen-bond acceptors (Lipinski definition) is 8. The highest BCUT2D eigenvalue weighted by molar-refractivity contribution is 5.92. The zero-order valence-corrected chi connectivity index (χ0v) is 13.7. The lowest BCUT2D eigenvalue weighted by atomic mass is 9.85. The Morgan fingerprint density at radius 1 is 1.15 bits per heavy atom. The van der Waals surface area contributed by atoms with E-state index in [0.717, 1.165) is 5.69 Å². The summed E-state index contributed by atoms with van der Waals surface area (Å²) in [6, 6.07) is 5.17. The van der Waals surface area contributed by atoms with E-state index in [1.165, 1.54) is 23.9 Å².